The second kappa shape index (κ2) is 6.68. The summed E-state index contributed by atoms with van der Waals surface area (Å²) in [6.07, 6.45) is 0. The van der Waals surface area contributed by atoms with Crippen molar-refractivity contribution in [1.82, 2.24) is 5.32 Å². The zero-order valence-electron chi connectivity index (χ0n) is 10.6. The molecule has 0 spiro atoms. The number of ether oxygens (including phenoxy) is 1. The van der Waals surface area contributed by atoms with Crippen LogP contribution in [0.1, 0.15) is 11.1 Å². The van der Waals surface area contributed by atoms with E-state index in [0.717, 1.165) is 22.3 Å². The first-order chi connectivity index (χ1) is 9.19. The van der Waals surface area contributed by atoms with Crippen LogP contribution in [0.5, 0.6) is 5.75 Å². The van der Waals surface area contributed by atoms with Crippen molar-refractivity contribution in [3.05, 3.63) is 63.9 Å². The Morgan fingerprint density at radius 1 is 1.16 bits per heavy atom. The van der Waals surface area contributed by atoms with E-state index in [9.17, 15) is 4.39 Å². The smallest absolute Gasteiger partial charge is 0.124 e. The van der Waals surface area contributed by atoms with Crippen molar-refractivity contribution < 1.29 is 9.13 Å². The lowest BCUT2D eigenvalue weighted by Gasteiger charge is -2.09. The highest BCUT2D eigenvalue weighted by atomic mass is 79.9. The lowest BCUT2D eigenvalue weighted by molar-refractivity contribution is 0.305. The van der Waals surface area contributed by atoms with Crippen LogP contribution in [0, 0.1) is 5.82 Å². The number of nitrogens with one attached hydrogen (secondary N) is 1. The molecule has 1 N–H and O–H groups in total. The van der Waals surface area contributed by atoms with Crippen molar-refractivity contribution in [2.75, 3.05) is 7.05 Å². The lowest BCUT2D eigenvalue weighted by Crippen LogP contribution is -2.04. The fraction of sp³-hybridized carbons (Fsp3) is 0.200. The molecule has 0 aromatic heterocycles. The highest BCUT2D eigenvalue weighted by Crippen LogP contribution is 2.20. The molecule has 0 amide bonds. The van der Waals surface area contributed by atoms with Crippen molar-refractivity contribution in [1.29, 1.82) is 0 Å². The van der Waals surface area contributed by atoms with E-state index in [4.69, 9.17) is 4.74 Å². The molecule has 0 aliphatic rings. The number of hydrogen-bond donors (Lipinski definition) is 1. The van der Waals surface area contributed by atoms with Crippen LogP contribution >= 0.6 is 15.9 Å². The average Bonchev–Trinajstić information content (AvgIpc) is 2.40. The minimum atomic E-state index is -0.257. The van der Waals surface area contributed by atoms with E-state index in [1.165, 1.54) is 17.7 Å². The van der Waals surface area contributed by atoms with Gasteiger partial charge in [-0.2, -0.15) is 0 Å². The molecule has 2 nitrogen and oxygen atoms in total. The van der Waals surface area contributed by atoms with Crippen LogP contribution < -0.4 is 10.1 Å². The first-order valence-electron chi connectivity index (χ1n) is 5.99. The minimum Gasteiger partial charge on any atom is -0.489 e. The van der Waals surface area contributed by atoms with E-state index in [1.54, 1.807) is 6.07 Å². The standard InChI is InChI=1S/C15H15BrFNO/c1-18-9-11-2-6-14(7-3-11)19-10-12-4-5-13(17)8-15(12)16/h2-8,18H,9-10H2,1H3. The van der Waals surface area contributed by atoms with E-state index < -0.39 is 0 Å². The summed E-state index contributed by atoms with van der Waals surface area (Å²) in [6, 6.07) is 12.5. The van der Waals surface area contributed by atoms with Crippen molar-refractivity contribution in [2.45, 2.75) is 13.2 Å². The van der Waals surface area contributed by atoms with Gasteiger partial charge in [0.1, 0.15) is 18.2 Å². The largest absolute Gasteiger partial charge is 0.489 e. The SMILES string of the molecule is CNCc1ccc(OCc2ccc(F)cc2Br)cc1. The zero-order chi connectivity index (χ0) is 13.7. The number of hydrogen-bond acceptors (Lipinski definition) is 2. The second-order valence-electron chi connectivity index (χ2n) is 4.20. The maximum atomic E-state index is 13.0. The summed E-state index contributed by atoms with van der Waals surface area (Å²) >= 11 is 3.32. The Labute approximate surface area is 120 Å². The van der Waals surface area contributed by atoms with E-state index >= 15 is 0 Å². The molecule has 0 aliphatic heterocycles. The Hall–Kier alpha value is -1.39. The maximum absolute atomic E-state index is 13.0. The van der Waals surface area contributed by atoms with Gasteiger partial charge in [0.2, 0.25) is 0 Å². The molecule has 0 aliphatic carbocycles. The molecule has 0 saturated carbocycles. The minimum absolute atomic E-state index is 0.257. The van der Waals surface area contributed by atoms with Crippen molar-refractivity contribution >= 4 is 15.9 Å². The van der Waals surface area contributed by atoms with Gasteiger partial charge in [-0.1, -0.05) is 34.1 Å². The predicted molar refractivity (Wildman–Crippen MR) is 77.6 cm³/mol. The van der Waals surface area contributed by atoms with Crippen molar-refractivity contribution in [3.63, 3.8) is 0 Å². The molecule has 0 heterocycles. The Morgan fingerprint density at radius 3 is 2.53 bits per heavy atom. The molecule has 0 unspecified atom stereocenters. The summed E-state index contributed by atoms with van der Waals surface area (Å²) in [7, 11) is 1.91. The van der Waals surface area contributed by atoms with Gasteiger partial charge in [0.05, 0.1) is 0 Å². The van der Waals surface area contributed by atoms with Gasteiger partial charge in [-0.15, -0.1) is 0 Å². The van der Waals surface area contributed by atoms with Gasteiger partial charge in [0.25, 0.3) is 0 Å². The Kier molecular flexibility index (Phi) is 4.93. The average molecular weight is 324 g/mol. The molecule has 4 heteroatoms. The number of rotatable bonds is 5. The highest BCUT2D eigenvalue weighted by molar-refractivity contribution is 9.10. The topological polar surface area (TPSA) is 21.3 Å². The summed E-state index contributed by atoms with van der Waals surface area (Å²) in [5.74, 6) is 0.545. The first-order valence-corrected chi connectivity index (χ1v) is 6.78. The molecule has 2 aromatic carbocycles. The summed E-state index contributed by atoms with van der Waals surface area (Å²) in [5.41, 5.74) is 2.12. The molecule has 0 atom stereocenters. The highest BCUT2D eigenvalue weighted by Gasteiger charge is 2.03. The van der Waals surface area contributed by atoms with Crippen molar-refractivity contribution in [2.24, 2.45) is 0 Å². The summed E-state index contributed by atoms with van der Waals surface area (Å²) in [5, 5.41) is 3.09. The van der Waals surface area contributed by atoms with Crippen LogP contribution in [0.25, 0.3) is 0 Å². The third kappa shape index (κ3) is 4.04. The number of benzene rings is 2. The molecule has 2 rings (SSSR count). The molecule has 100 valence electrons. The first kappa shape index (κ1) is 14.0. The van der Waals surface area contributed by atoms with E-state index in [0.29, 0.717) is 6.61 Å². The summed E-state index contributed by atoms with van der Waals surface area (Å²) in [6.45, 7) is 1.25. The van der Waals surface area contributed by atoms with Gasteiger partial charge in [-0.3, -0.25) is 0 Å². The van der Waals surface area contributed by atoms with Crippen LogP contribution in [-0.4, -0.2) is 7.05 Å². The lowest BCUT2D eigenvalue weighted by atomic mass is 10.2. The van der Waals surface area contributed by atoms with Gasteiger partial charge in [-0.05, 0) is 36.9 Å². The summed E-state index contributed by atoms with van der Waals surface area (Å²) < 4.78 is 19.3. The monoisotopic (exact) mass is 323 g/mol. The Balaban J connectivity index is 1.98. The maximum Gasteiger partial charge on any atom is 0.124 e. The van der Waals surface area contributed by atoms with Gasteiger partial charge in [-0.25, -0.2) is 4.39 Å². The van der Waals surface area contributed by atoms with E-state index in [1.807, 2.05) is 31.3 Å². The van der Waals surface area contributed by atoms with Crippen LogP contribution in [0.2, 0.25) is 0 Å². The van der Waals surface area contributed by atoms with Crippen molar-refractivity contribution in [3.8, 4) is 5.75 Å². The third-order valence-electron chi connectivity index (χ3n) is 2.71. The normalized spacial score (nSPS) is 10.5. The number of halogens is 2. The predicted octanol–water partition coefficient (Wildman–Crippen LogP) is 3.89. The zero-order valence-corrected chi connectivity index (χ0v) is 12.2. The second-order valence-corrected chi connectivity index (χ2v) is 5.05. The third-order valence-corrected chi connectivity index (χ3v) is 3.45. The molecule has 0 fully saturated rings. The van der Waals surface area contributed by atoms with Crippen LogP contribution in [-0.2, 0) is 13.2 Å². The Bertz CT molecular complexity index is 542. The quantitative estimate of drug-likeness (QED) is 0.901. The van der Waals surface area contributed by atoms with Gasteiger partial charge in [0, 0.05) is 16.6 Å². The molecule has 19 heavy (non-hydrogen) atoms. The molecule has 2 aromatic rings. The molecule has 0 saturated heterocycles. The van der Waals surface area contributed by atoms with E-state index in [-0.39, 0.29) is 5.82 Å². The Morgan fingerprint density at radius 2 is 1.89 bits per heavy atom. The van der Waals surface area contributed by atoms with E-state index in [2.05, 4.69) is 21.2 Å². The molecular weight excluding hydrogens is 309 g/mol. The molecular formula is C15H15BrFNO. The molecule has 0 bridgehead atoms. The summed E-state index contributed by atoms with van der Waals surface area (Å²) in [4.78, 5) is 0. The van der Waals surface area contributed by atoms with Gasteiger partial charge < -0.3 is 10.1 Å². The van der Waals surface area contributed by atoms with Crippen LogP contribution in [0.15, 0.2) is 46.9 Å². The van der Waals surface area contributed by atoms with Gasteiger partial charge in [0.15, 0.2) is 0 Å². The van der Waals surface area contributed by atoms with Crippen LogP contribution in [0.4, 0.5) is 4.39 Å². The molecule has 0 radical (unpaired) electrons. The fourth-order valence-electron chi connectivity index (χ4n) is 1.71. The fourth-order valence-corrected chi connectivity index (χ4v) is 2.17. The van der Waals surface area contributed by atoms with Crippen LogP contribution in [0.3, 0.4) is 0 Å². The van der Waals surface area contributed by atoms with Gasteiger partial charge >= 0.3 is 0 Å².